The molecule has 0 saturated heterocycles. The summed E-state index contributed by atoms with van der Waals surface area (Å²) < 4.78 is 5.78. The van der Waals surface area contributed by atoms with Crippen molar-refractivity contribution in [3.63, 3.8) is 0 Å². The zero-order chi connectivity index (χ0) is 13.1. The van der Waals surface area contributed by atoms with Gasteiger partial charge in [0.2, 0.25) is 0 Å². The van der Waals surface area contributed by atoms with Crippen LogP contribution in [0.4, 0.5) is 5.82 Å². The summed E-state index contributed by atoms with van der Waals surface area (Å²) in [6.45, 7) is 3.67. The summed E-state index contributed by atoms with van der Waals surface area (Å²) >= 11 is 1.77. The summed E-state index contributed by atoms with van der Waals surface area (Å²) in [4.78, 5) is 6.00. The third-order valence-corrected chi connectivity index (χ3v) is 4.34. The van der Waals surface area contributed by atoms with Gasteiger partial charge in [-0.1, -0.05) is 17.7 Å². The van der Waals surface area contributed by atoms with Crippen molar-refractivity contribution in [3.05, 3.63) is 39.7 Å². The molecule has 19 heavy (non-hydrogen) atoms. The van der Waals surface area contributed by atoms with Crippen molar-refractivity contribution in [2.24, 2.45) is 0 Å². The fourth-order valence-corrected chi connectivity index (χ4v) is 3.17. The Morgan fingerprint density at radius 3 is 2.95 bits per heavy atom. The molecule has 3 rings (SSSR count). The third-order valence-electron chi connectivity index (χ3n) is 3.25. The minimum Gasteiger partial charge on any atom is -0.486 e. The molecule has 0 aliphatic carbocycles. The normalized spacial score (nSPS) is 14.4. The van der Waals surface area contributed by atoms with Gasteiger partial charge in [0.15, 0.2) is 0 Å². The Hall–Kier alpha value is -1.55. The molecule has 1 aromatic carbocycles. The van der Waals surface area contributed by atoms with E-state index in [1.807, 2.05) is 12.1 Å². The van der Waals surface area contributed by atoms with Crippen molar-refractivity contribution in [2.45, 2.75) is 32.8 Å². The van der Waals surface area contributed by atoms with Gasteiger partial charge >= 0.3 is 0 Å². The van der Waals surface area contributed by atoms with E-state index in [0.717, 1.165) is 29.5 Å². The Balaban J connectivity index is 1.65. The largest absolute Gasteiger partial charge is 0.486 e. The first-order valence-corrected chi connectivity index (χ1v) is 7.55. The summed E-state index contributed by atoms with van der Waals surface area (Å²) in [6.07, 6.45) is 3.63. The molecule has 0 spiro atoms. The predicted octanol–water partition coefficient (Wildman–Crippen LogP) is 3.78. The molecule has 1 N–H and O–H groups in total. The van der Waals surface area contributed by atoms with Crippen LogP contribution < -0.4 is 10.1 Å². The highest BCUT2D eigenvalue weighted by molar-refractivity contribution is 7.12. The van der Waals surface area contributed by atoms with Crippen LogP contribution >= 0.6 is 11.3 Å². The van der Waals surface area contributed by atoms with Crippen LogP contribution in [0.25, 0.3) is 0 Å². The molecular weight excluding hydrogens is 256 g/mol. The Labute approximate surface area is 117 Å². The molecule has 3 nitrogen and oxygen atoms in total. The molecule has 2 aromatic rings. The van der Waals surface area contributed by atoms with Crippen molar-refractivity contribution in [1.29, 1.82) is 0 Å². The van der Waals surface area contributed by atoms with Gasteiger partial charge in [0.1, 0.15) is 23.2 Å². The second-order valence-corrected chi connectivity index (χ2v) is 6.03. The number of thiazole rings is 1. The van der Waals surface area contributed by atoms with E-state index in [0.29, 0.717) is 6.61 Å². The SMILES string of the molecule is Cc1ccc(OCc2nc3c(s2)CCCCN3)cc1. The minimum absolute atomic E-state index is 0.558. The van der Waals surface area contributed by atoms with Crippen LogP contribution in [-0.4, -0.2) is 11.5 Å². The first kappa shape index (κ1) is 12.5. The Morgan fingerprint density at radius 1 is 1.26 bits per heavy atom. The lowest BCUT2D eigenvalue weighted by atomic mass is 10.2. The quantitative estimate of drug-likeness (QED) is 0.925. The van der Waals surface area contributed by atoms with Crippen LogP contribution in [0.2, 0.25) is 0 Å². The smallest absolute Gasteiger partial charge is 0.140 e. The second-order valence-electron chi connectivity index (χ2n) is 4.86. The molecule has 1 aromatic heterocycles. The van der Waals surface area contributed by atoms with E-state index < -0.39 is 0 Å². The number of hydrogen-bond acceptors (Lipinski definition) is 4. The average Bonchev–Trinajstić information content (AvgIpc) is 2.68. The second kappa shape index (κ2) is 5.61. The number of fused-ring (bicyclic) bond motifs is 1. The fourth-order valence-electron chi connectivity index (χ4n) is 2.17. The topological polar surface area (TPSA) is 34.1 Å². The zero-order valence-electron chi connectivity index (χ0n) is 11.1. The van der Waals surface area contributed by atoms with E-state index in [1.165, 1.54) is 23.3 Å². The average molecular weight is 274 g/mol. The van der Waals surface area contributed by atoms with Crippen molar-refractivity contribution < 1.29 is 4.74 Å². The standard InChI is InChI=1S/C15H18N2OS/c1-11-5-7-12(8-6-11)18-10-14-17-15-13(19-14)4-2-3-9-16-15/h5-8,16H,2-4,9-10H2,1H3. The fraction of sp³-hybridized carbons (Fsp3) is 0.400. The summed E-state index contributed by atoms with van der Waals surface area (Å²) in [6, 6.07) is 8.14. The lowest BCUT2D eigenvalue weighted by Gasteiger charge is -2.04. The molecule has 2 heterocycles. The minimum atomic E-state index is 0.558. The van der Waals surface area contributed by atoms with Crippen molar-refractivity contribution in [3.8, 4) is 5.75 Å². The first-order valence-electron chi connectivity index (χ1n) is 6.73. The number of anilines is 1. The molecule has 100 valence electrons. The van der Waals surface area contributed by atoms with Crippen molar-refractivity contribution >= 4 is 17.2 Å². The van der Waals surface area contributed by atoms with Crippen LogP contribution in [0.15, 0.2) is 24.3 Å². The maximum Gasteiger partial charge on any atom is 0.140 e. The third kappa shape index (κ3) is 3.07. The Morgan fingerprint density at radius 2 is 2.11 bits per heavy atom. The van der Waals surface area contributed by atoms with Gasteiger partial charge in [-0.25, -0.2) is 4.98 Å². The van der Waals surface area contributed by atoms with E-state index in [4.69, 9.17) is 4.74 Å². The maximum atomic E-state index is 5.78. The van der Waals surface area contributed by atoms with Crippen LogP contribution in [0.3, 0.4) is 0 Å². The summed E-state index contributed by atoms with van der Waals surface area (Å²) in [5.41, 5.74) is 1.25. The molecule has 0 radical (unpaired) electrons. The van der Waals surface area contributed by atoms with Gasteiger partial charge in [-0.2, -0.15) is 0 Å². The first-order chi connectivity index (χ1) is 9.31. The molecule has 0 saturated carbocycles. The van der Waals surface area contributed by atoms with Crippen molar-refractivity contribution in [1.82, 2.24) is 4.98 Å². The number of nitrogens with one attached hydrogen (secondary N) is 1. The lowest BCUT2D eigenvalue weighted by molar-refractivity contribution is 0.305. The highest BCUT2D eigenvalue weighted by atomic mass is 32.1. The van der Waals surface area contributed by atoms with Gasteiger partial charge in [0.05, 0.1) is 0 Å². The highest BCUT2D eigenvalue weighted by Gasteiger charge is 2.13. The van der Waals surface area contributed by atoms with Gasteiger partial charge in [-0.3, -0.25) is 0 Å². The van der Waals surface area contributed by atoms with E-state index in [-0.39, 0.29) is 0 Å². The number of benzene rings is 1. The molecule has 0 atom stereocenters. The summed E-state index contributed by atoms with van der Waals surface area (Å²) in [5, 5.41) is 4.45. The Bertz CT molecular complexity index is 524. The van der Waals surface area contributed by atoms with Crippen molar-refractivity contribution in [2.75, 3.05) is 11.9 Å². The molecule has 0 unspecified atom stereocenters. The van der Waals surface area contributed by atoms with Crippen LogP contribution in [-0.2, 0) is 13.0 Å². The zero-order valence-corrected chi connectivity index (χ0v) is 11.9. The number of nitrogens with zero attached hydrogens (tertiary/aromatic N) is 1. The number of rotatable bonds is 3. The highest BCUT2D eigenvalue weighted by Crippen LogP contribution is 2.28. The Kier molecular flexibility index (Phi) is 3.69. The summed E-state index contributed by atoms with van der Waals surface area (Å²) in [5.74, 6) is 1.98. The predicted molar refractivity (Wildman–Crippen MR) is 79.1 cm³/mol. The van der Waals surface area contributed by atoms with E-state index in [1.54, 1.807) is 11.3 Å². The van der Waals surface area contributed by atoms with Gasteiger partial charge in [0, 0.05) is 11.4 Å². The van der Waals surface area contributed by atoms with Crippen LogP contribution in [0, 0.1) is 6.92 Å². The number of aryl methyl sites for hydroxylation is 2. The molecule has 0 fully saturated rings. The van der Waals surface area contributed by atoms with E-state index in [9.17, 15) is 0 Å². The van der Waals surface area contributed by atoms with Gasteiger partial charge in [-0.05, 0) is 38.3 Å². The van der Waals surface area contributed by atoms with E-state index >= 15 is 0 Å². The van der Waals surface area contributed by atoms with E-state index in [2.05, 4.69) is 29.4 Å². The molecule has 1 aliphatic heterocycles. The monoisotopic (exact) mass is 274 g/mol. The number of aromatic nitrogens is 1. The number of ether oxygens (including phenoxy) is 1. The molecule has 4 heteroatoms. The molecule has 0 amide bonds. The van der Waals surface area contributed by atoms with Crippen LogP contribution in [0.5, 0.6) is 5.75 Å². The van der Waals surface area contributed by atoms with Crippen LogP contribution in [0.1, 0.15) is 28.3 Å². The van der Waals surface area contributed by atoms with Gasteiger partial charge in [0.25, 0.3) is 0 Å². The lowest BCUT2D eigenvalue weighted by Crippen LogP contribution is -2.00. The van der Waals surface area contributed by atoms with Gasteiger partial charge in [-0.15, -0.1) is 11.3 Å². The molecular formula is C15H18N2OS. The molecule has 0 bridgehead atoms. The van der Waals surface area contributed by atoms with Gasteiger partial charge < -0.3 is 10.1 Å². The molecule has 1 aliphatic rings. The number of hydrogen-bond donors (Lipinski definition) is 1. The summed E-state index contributed by atoms with van der Waals surface area (Å²) in [7, 11) is 0. The maximum absolute atomic E-state index is 5.78.